The quantitative estimate of drug-likeness (QED) is 0.524. The van der Waals surface area contributed by atoms with Crippen molar-refractivity contribution in [2.75, 3.05) is 13.2 Å². The van der Waals surface area contributed by atoms with Gasteiger partial charge >= 0.3 is 0 Å². The van der Waals surface area contributed by atoms with E-state index in [1.54, 1.807) is 12.1 Å². The fourth-order valence-corrected chi connectivity index (χ4v) is 2.24. The van der Waals surface area contributed by atoms with Crippen molar-refractivity contribution >= 4 is 11.6 Å². The largest absolute Gasteiger partial charge is 0.394 e. The zero-order valence-corrected chi connectivity index (χ0v) is 10.4. The van der Waals surface area contributed by atoms with E-state index in [9.17, 15) is 13.6 Å². The van der Waals surface area contributed by atoms with Crippen LogP contribution in [0.15, 0.2) is 29.4 Å². The minimum atomic E-state index is -3.02. The van der Waals surface area contributed by atoms with Crippen LogP contribution in [0.25, 0.3) is 10.4 Å². The molecule has 1 N–H and O–H groups in total. The Morgan fingerprint density at radius 2 is 2.25 bits per heavy atom. The van der Waals surface area contributed by atoms with Crippen LogP contribution in [0.4, 0.5) is 14.5 Å². The molecule has 2 rings (SSSR count). The second kappa shape index (κ2) is 5.44. The first-order valence-corrected chi connectivity index (χ1v) is 5.92. The van der Waals surface area contributed by atoms with Gasteiger partial charge < -0.3 is 10.0 Å². The third-order valence-corrected chi connectivity index (χ3v) is 3.14. The monoisotopic (exact) mass is 282 g/mol. The molecule has 1 aromatic rings. The third kappa shape index (κ3) is 2.71. The summed E-state index contributed by atoms with van der Waals surface area (Å²) in [5.74, 6) is -3.69. The van der Waals surface area contributed by atoms with Gasteiger partial charge in [0.1, 0.15) is 0 Å². The second-order valence-corrected chi connectivity index (χ2v) is 4.54. The summed E-state index contributed by atoms with van der Waals surface area (Å²) in [6.07, 6.45) is -0.571. The highest BCUT2D eigenvalue weighted by atomic mass is 19.3. The Morgan fingerprint density at radius 1 is 1.55 bits per heavy atom. The normalized spacial score (nSPS) is 20.6. The van der Waals surface area contributed by atoms with E-state index in [2.05, 4.69) is 10.0 Å². The lowest BCUT2D eigenvalue weighted by atomic mass is 10.1. The molecule has 20 heavy (non-hydrogen) atoms. The van der Waals surface area contributed by atoms with Gasteiger partial charge in [-0.25, -0.2) is 8.78 Å². The lowest BCUT2D eigenvalue weighted by Crippen LogP contribution is -2.38. The number of likely N-dealkylation sites (tertiary alicyclic amines) is 1. The summed E-state index contributed by atoms with van der Waals surface area (Å²) >= 11 is 0. The fourth-order valence-electron chi connectivity index (χ4n) is 2.24. The zero-order valence-electron chi connectivity index (χ0n) is 10.4. The number of alkyl halides is 2. The van der Waals surface area contributed by atoms with E-state index in [4.69, 9.17) is 10.6 Å². The van der Waals surface area contributed by atoms with Gasteiger partial charge in [0, 0.05) is 16.9 Å². The Bertz CT molecular complexity index is 572. The fraction of sp³-hybridized carbons (Fsp3) is 0.417. The molecule has 1 fully saturated rings. The first-order chi connectivity index (χ1) is 9.48. The Labute approximate surface area is 113 Å². The highest BCUT2D eigenvalue weighted by Crippen LogP contribution is 2.34. The number of benzene rings is 1. The molecule has 0 aliphatic carbocycles. The van der Waals surface area contributed by atoms with Crippen molar-refractivity contribution in [1.82, 2.24) is 4.90 Å². The standard InChI is InChI=1S/C12H12F2N4O2/c13-12(14)5-8(6-19)18(7-12)11(20)9-3-1-2-4-10(9)16-17-15/h1-4,8,19H,5-7H2/t8-/m0/s1. The zero-order chi connectivity index (χ0) is 14.8. The van der Waals surface area contributed by atoms with Crippen molar-refractivity contribution < 1.29 is 18.7 Å². The van der Waals surface area contributed by atoms with Crippen molar-refractivity contribution in [2.45, 2.75) is 18.4 Å². The molecular formula is C12H12F2N4O2. The van der Waals surface area contributed by atoms with Gasteiger partial charge in [-0.15, -0.1) is 0 Å². The number of hydrogen-bond acceptors (Lipinski definition) is 3. The lowest BCUT2D eigenvalue weighted by molar-refractivity contribution is 0.0116. The molecule has 0 radical (unpaired) electrons. The van der Waals surface area contributed by atoms with E-state index in [0.29, 0.717) is 0 Å². The van der Waals surface area contributed by atoms with Gasteiger partial charge in [-0.2, -0.15) is 0 Å². The summed E-state index contributed by atoms with van der Waals surface area (Å²) < 4.78 is 26.7. The third-order valence-electron chi connectivity index (χ3n) is 3.14. The van der Waals surface area contributed by atoms with Crippen LogP contribution >= 0.6 is 0 Å². The predicted molar refractivity (Wildman–Crippen MR) is 66.7 cm³/mol. The van der Waals surface area contributed by atoms with Gasteiger partial charge in [0.05, 0.1) is 24.9 Å². The highest BCUT2D eigenvalue weighted by Gasteiger charge is 2.46. The first-order valence-electron chi connectivity index (χ1n) is 5.92. The Kier molecular flexibility index (Phi) is 3.87. The maximum absolute atomic E-state index is 13.4. The molecule has 1 aliphatic rings. The van der Waals surface area contributed by atoms with Crippen LogP contribution in [0.2, 0.25) is 0 Å². The van der Waals surface area contributed by atoms with Crippen molar-refractivity contribution in [3.8, 4) is 0 Å². The molecule has 0 unspecified atom stereocenters. The molecule has 1 aromatic carbocycles. The molecule has 0 saturated carbocycles. The average molecular weight is 282 g/mol. The maximum Gasteiger partial charge on any atom is 0.267 e. The molecule has 1 aliphatic heterocycles. The molecule has 6 nitrogen and oxygen atoms in total. The number of hydrogen-bond donors (Lipinski definition) is 1. The summed E-state index contributed by atoms with van der Waals surface area (Å²) in [5.41, 5.74) is 8.56. The van der Waals surface area contributed by atoms with Crippen LogP contribution in [-0.4, -0.2) is 41.0 Å². The van der Waals surface area contributed by atoms with Crippen molar-refractivity contribution in [1.29, 1.82) is 0 Å². The summed E-state index contributed by atoms with van der Waals surface area (Å²) in [5, 5.41) is 12.5. The predicted octanol–water partition coefficient (Wildman–Crippen LogP) is 2.47. The van der Waals surface area contributed by atoms with Gasteiger partial charge in [0.2, 0.25) is 0 Å². The van der Waals surface area contributed by atoms with Gasteiger partial charge in [-0.1, -0.05) is 23.3 Å². The van der Waals surface area contributed by atoms with Crippen LogP contribution < -0.4 is 0 Å². The number of carbonyl (C=O) groups excluding carboxylic acids is 1. The van der Waals surface area contributed by atoms with E-state index in [0.717, 1.165) is 4.90 Å². The number of rotatable bonds is 3. The molecule has 0 spiro atoms. The summed E-state index contributed by atoms with van der Waals surface area (Å²) in [4.78, 5) is 15.8. The summed E-state index contributed by atoms with van der Waals surface area (Å²) in [6.45, 7) is -1.29. The van der Waals surface area contributed by atoms with Crippen molar-refractivity contribution in [3.05, 3.63) is 40.3 Å². The van der Waals surface area contributed by atoms with Crippen LogP contribution in [0.5, 0.6) is 0 Å². The molecule has 106 valence electrons. The molecule has 1 saturated heterocycles. The number of nitrogens with zero attached hydrogens (tertiary/aromatic N) is 4. The number of aliphatic hydroxyl groups excluding tert-OH is 1. The number of halogens is 2. The molecule has 1 heterocycles. The van der Waals surface area contributed by atoms with Crippen molar-refractivity contribution in [3.63, 3.8) is 0 Å². The van der Waals surface area contributed by atoms with Crippen LogP contribution in [0.1, 0.15) is 16.8 Å². The molecule has 8 heteroatoms. The second-order valence-electron chi connectivity index (χ2n) is 4.54. The van der Waals surface area contributed by atoms with E-state index in [1.807, 2.05) is 0 Å². The van der Waals surface area contributed by atoms with E-state index in [-0.39, 0.29) is 11.3 Å². The summed E-state index contributed by atoms with van der Waals surface area (Å²) in [7, 11) is 0. The number of aliphatic hydroxyl groups is 1. The average Bonchev–Trinajstić information content (AvgIpc) is 2.74. The molecule has 0 bridgehead atoms. The Hall–Kier alpha value is -2.18. The molecular weight excluding hydrogens is 270 g/mol. The number of amides is 1. The number of carbonyl (C=O) groups is 1. The highest BCUT2D eigenvalue weighted by molar-refractivity contribution is 5.99. The minimum absolute atomic E-state index is 0.0430. The van der Waals surface area contributed by atoms with Crippen molar-refractivity contribution in [2.24, 2.45) is 5.11 Å². The van der Waals surface area contributed by atoms with Crippen LogP contribution in [0.3, 0.4) is 0 Å². The summed E-state index contributed by atoms with van der Waals surface area (Å²) in [6, 6.07) is 5.01. The van der Waals surface area contributed by atoms with Gasteiger partial charge in [0.25, 0.3) is 11.8 Å². The topological polar surface area (TPSA) is 89.3 Å². The van der Waals surface area contributed by atoms with E-state index < -0.39 is 37.4 Å². The van der Waals surface area contributed by atoms with Gasteiger partial charge in [-0.05, 0) is 11.6 Å². The molecule has 1 atom stereocenters. The first kappa shape index (κ1) is 14.2. The Balaban J connectivity index is 2.34. The smallest absolute Gasteiger partial charge is 0.267 e. The van der Waals surface area contributed by atoms with E-state index in [1.165, 1.54) is 12.1 Å². The minimum Gasteiger partial charge on any atom is -0.394 e. The SMILES string of the molecule is [N-]=[N+]=Nc1ccccc1C(=O)N1CC(F)(F)C[C@H]1CO. The van der Waals surface area contributed by atoms with Crippen LogP contribution in [-0.2, 0) is 0 Å². The molecule has 1 amide bonds. The Morgan fingerprint density at radius 3 is 2.90 bits per heavy atom. The van der Waals surface area contributed by atoms with Gasteiger partial charge in [-0.3, -0.25) is 4.79 Å². The number of azide groups is 1. The van der Waals surface area contributed by atoms with Gasteiger partial charge in [0.15, 0.2) is 0 Å². The lowest BCUT2D eigenvalue weighted by Gasteiger charge is -2.22. The van der Waals surface area contributed by atoms with E-state index >= 15 is 0 Å². The molecule has 0 aromatic heterocycles. The maximum atomic E-state index is 13.4. The van der Waals surface area contributed by atoms with Crippen LogP contribution in [0, 0.1) is 0 Å².